The SMILES string of the molecule is CCCN(C=O)CC.Fc1ccc(C2CN=CO2)cc1. The summed E-state index contributed by atoms with van der Waals surface area (Å²) in [5, 5.41) is 0. The number of carbonyl (C=O) groups excluding carboxylic acids is 1. The van der Waals surface area contributed by atoms with Gasteiger partial charge in [0.05, 0.1) is 6.54 Å². The van der Waals surface area contributed by atoms with Gasteiger partial charge in [0.25, 0.3) is 0 Å². The first-order valence-electron chi connectivity index (χ1n) is 6.79. The van der Waals surface area contributed by atoms with E-state index in [9.17, 15) is 9.18 Å². The fraction of sp³-hybridized carbons (Fsp3) is 0.467. The van der Waals surface area contributed by atoms with Crippen LogP contribution in [0.2, 0.25) is 0 Å². The average Bonchev–Trinajstić information content (AvgIpc) is 3.00. The molecule has 1 heterocycles. The Labute approximate surface area is 119 Å². The van der Waals surface area contributed by atoms with Gasteiger partial charge in [-0.25, -0.2) is 4.39 Å². The fourth-order valence-electron chi connectivity index (χ4n) is 1.73. The fourth-order valence-corrected chi connectivity index (χ4v) is 1.73. The van der Waals surface area contributed by atoms with Crippen LogP contribution in [0, 0.1) is 5.82 Å². The number of ether oxygens (including phenoxy) is 1. The van der Waals surface area contributed by atoms with E-state index < -0.39 is 0 Å². The van der Waals surface area contributed by atoms with Gasteiger partial charge < -0.3 is 9.64 Å². The van der Waals surface area contributed by atoms with Gasteiger partial charge in [-0.15, -0.1) is 0 Å². The minimum atomic E-state index is -0.224. The molecule has 1 aromatic carbocycles. The Kier molecular flexibility index (Phi) is 7.32. The maximum atomic E-state index is 12.5. The number of nitrogens with zero attached hydrogens (tertiary/aromatic N) is 2. The van der Waals surface area contributed by atoms with Crippen LogP contribution >= 0.6 is 0 Å². The minimum absolute atomic E-state index is 0.0226. The molecule has 0 aliphatic carbocycles. The van der Waals surface area contributed by atoms with Crippen molar-refractivity contribution in [2.75, 3.05) is 19.6 Å². The lowest BCUT2D eigenvalue weighted by molar-refractivity contribution is -0.118. The van der Waals surface area contributed by atoms with Crippen LogP contribution in [0.25, 0.3) is 0 Å². The molecule has 0 radical (unpaired) electrons. The second-order valence-corrected chi connectivity index (χ2v) is 4.38. The van der Waals surface area contributed by atoms with E-state index in [2.05, 4.69) is 11.9 Å². The summed E-state index contributed by atoms with van der Waals surface area (Å²) in [5.74, 6) is -0.224. The molecule has 1 amide bonds. The number of halogens is 1. The number of aliphatic imine (C=N–C) groups is 1. The van der Waals surface area contributed by atoms with Crippen molar-refractivity contribution in [1.82, 2.24) is 4.90 Å². The van der Waals surface area contributed by atoms with Gasteiger partial charge in [-0.1, -0.05) is 19.1 Å². The molecule has 5 heteroatoms. The monoisotopic (exact) mass is 280 g/mol. The van der Waals surface area contributed by atoms with E-state index >= 15 is 0 Å². The van der Waals surface area contributed by atoms with E-state index in [1.54, 1.807) is 17.0 Å². The predicted molar refractivity (Wildman–Crippen MR) is 77.2 cm³/mol. The van der Waals surface area contributed by atoms with Crippen LogP contribution < -0.4 is 0 Å². The Morgan fingerprint density at radius 3 is 2.50 bits per heavy atom. The molecule has 1 unspecified atom stereocenters. The third-order valence-corrected chi connectivity index (χ3v) is 2.88. The highest BCUT2D eigenvalue weighted by atomic mass is 19.1. The molecule has 0 fully saturated rings. The van der Waals surface area contributed by atoms with Crippen molar-refractivity contribution < 1.29 is 13.9 Å². The lowest BCUT2D eigenvalue weighted by Gasteiger charge is -2.11. The lowest BCUT2D eigenvalue weighted by atomic mass is 10.1. The van der Waals surface area contributed by atoms with Crippen molar-refractivity contribution in [1.29, 1.82) is 0 Å². The summed E-state index contributed by atoms with van der Waals surface area (Å²) in [4.78, 5) is 15.7. The Morgan fingerprint density at radius 1 is 1.40 bits per heavy atom. The molecular weight excluding hydrogens is 259 g/mol. The molecule has 0 N–H and O–H groups in total. The minimum Gasteiger partial charge on any atom is -0.474 e. The standard InChI is InChI=1S/C9H8FNO.C6H13NO/c10-8-3-1-7(2-4-8)9-5-11-6-12-9;1-3-5-7(4-2)6-8/h1-4,6,9H,5H2;6H,3-5H2,1-2H3. The summed E-state index contributed by atoms with van der Waals surface area (Å²) < 4.78 is 17.7. The van der Waals surface area contributed by atoms with Crippen molar-refractivity contribution in [2.24, 2.45) is 4.99 Å². The molecule has 1 atom stereocenters. The number of amides is 1. The lowest BCUT2D eigenvalue weighted by Crippen LogP contribution is -2.21. The van der Waals surface area contributed by atoms with Gasteiger partial charge in [-0.2, -0.15) is 0 Å². The molecule has 0 saturated heterocycles. The van der Waals surface area contributed by atoms with E-state index in [0.717, 1.165) is 31.5 Å². The molecular formula is C15H21FN2O2. The normalized spacial score (nSPS) is 16.1. The summed E-state index contributed by atoms with van der Waals surface area (Å²) >= 11 is 0. The number of carbonyl (C=O) groups is 1. The molecule has 0 saturated carbocycles. The smallest absolute Gasteiger partial charge is 0.209 e. The molecule has 1 aliphatic heterocycles. The van der Waals surface area contributed by atoms with Gasteiger partial charge in [0.2, 0.25) is 6.41 Å². The van der Waals surface area contributed by atoms with Gasteiger partial charge >= 0.3 is 0 Å². The molecule has 0 spiro atoms. The van der Waals surface area contributed by atoms with Crippen LogP contribution in [0.15, 0.2) is 29.3 Å². The molecule has 110 valence electrons. The maximum Gasteiger partial charge on any atom is 0.209 e. The van der Waals surface area contributed by atoms with Crippen LogP contribution in [0.1, 0.15) is 31.9 Å². The van der Waals surface area contributed by atoms with Gasteiger partial charge in [0, 0.05) is 13.1 Å². The van der Waals surface area contributed by atoms with Gasteiger partial charge in [0.15, 0.2) is 6.40 Å². The van der Waals surface area contributed by atoms with Crippen molar-refractivity contribution in [3.63, 3.8) is 0 Å². The Bertz CT molecular complexity index is 412. The predicted octanol–water partition coefficient (Wildman–Crippen LogP) is 2.80. The summed E-state index contributed by atoms with van der Waals surface area (Å²) in [5.41, 5.74) is 0.967. The van der Waals surface area contributed by atoms with Crippen molar-refractivity contribution >= 4 is 12.8 Å². The summed E-state index contributed by atoms with van der Waals surface area (Å²) in [6.07, 6.45) is 3.36. The van der Waals surface area contributed by atoms with E-state index in [-0.39, 0.29) is 11.9 Å². The van der Waals surface area contributed by atoms with Gasteiger partial charge in [-0.05, 0) is 31.0 Å². The zero-order valence-electron chi connectivity index (χ0n) is 12.0. The van der Waals surface area contributed by atoms with Crippen LogP contribution in [0.4, 0.5) is 4.39 Å². The van der Waals surface area contributed by atoms with E-state index in [0.29, 0.717) is 6.54 Å². The second kappa shape index (κ2) is 9.07. The summed E-state index contributed by atoms with van der Waals surface area (Å²) in [7, 11) is 0. The Morgan fingerprint density at radius 2 is 2.10 bits per heavy atom. The van der Waals surface area contributed by atoms with Crippen LogP contribution in [-0.4, -0.2) is 37.3 Å². The van der Waals surface area contributed by atoms with E-state index in [4.69, 9.17) is 4.74 Å². The van der Waals surface area contributed by atoms with Gasteiger partial charge in [0.1, 0.15) is 11.9 Å². The first-order chi connectivity index (χ1) is 9.71. The molecule has 2 rings (SSSR count). The largest absolute Gasteiger partial charge is 0.474 e. The number of hydrogen-bond acceptors (Lipinski definition) is 3. The molecule has 0 aromatic heterocycles. The highest BCUT2D eigenvalue weighted by Crippen LogP contribution is 2.20. The van der Waals surface area contributed by atoms with Gasteiger partial charge in [-0.3, -0.25) is 9.79 Å². The zero-order valence-corrected chi connectivity index (χ0v) is 12.0. The molecule has 1 aromatic rings. The van der Waals surface area contributed by atoms with Crippen molar-refractivity contribution in [3.8, 4) is 0 Å². The zero-order chi connectivity index (χ0) is 14.8. The number of rotatable bonds is 5. The second-order valence-electron chi connectivity index (χ2n) is 4.38. The average molecular weight is 280 g/mol. The topological polar surface area (TPSA) is 41.9 Å². The number of hydrogen-bond donors (Lipinski definition) is 0. The highest BCUT2D eigenvalue weighted by Gasteiger charge is 2.14. The van der Waals surface area contributed by atoms with Crippen molar-refractivity contribution in [2.45, 2.75) is 26.4 Å². The quantitative estimate of drug-likeness (QED) is 0.778. The Balaban J connectivity index is 0.000000221. The van der Waals surface area contributed by atoms with Crippen molar-refractivity contribution in [3.05, 3.63) is 35.6 Å². The van der Waals surface area contributed by atoms with Crippen LogP contribution in [0.5, 0.6) is 0 Å². The molecule has 1 aliphatic rings. The maximum absolute atomic E-state index is 12.5. The highest BCUT2D eigenvalue weighted by molar-refractivity contribution is 5.49. The summed E-state index contributed by atoms with van der Waals surface area (Å²) in [6, 6.07) is 6.29. The first-order valence-corrected chi connectivity index (χ1v) is 6.79. The molecule has 4 nitrogen and oxygen atoms in total. The Hall–Kier alpha value is -1.91. The third-order valence-electron chi connectivity index (χ3n) is 2.88. The first kappa shape index (κ1) is 16.1. The van der Waals surface area contributed by atoms with E-state index in [1.807, 2.05) is 6.92 Å². The molecule has 0 bridgehead atoms. The van der Waals surface area contributed by atoms with Crippen LogP contribution in [-0.2, 0) is 9.53 Å². The van der Waals surface area contributed by atoms with E-state index in [1.165, 1.54) is 18.5 Å². The summed E-state index contributed by atoms with van der Waals surface area (Å²) in [6.45, 7) is 6.39. The molecule has 20 heavy (non-hydrogen) atoms. The third kappa shape index (κ3) is 5.38. The number of benzene rings is 1. The van der Waals surface area contributed by atoms with Crippen LogP contribution in [0.3, 0.4) is 0 Å².